The monoisotopic (exact) mass is 381 g/mol. The second-order valence-corrected chi connectivity index (χ2v) is 7.42. The molecule has 2 amide bonds. The predicted molar refractivity (Wildman–Crippen MR) is 103 cm³/mol. The highest BCUT2D eigenvalue weighted by atomic mass is 16.2. The smallest absolute Gasteiger partial charge is 0.264 e. The predicted octanol–water partition coefficient (Wildman–Crippen LogP) is 1.31. The quantitative estimate of drug-likeness (QED) is 0.861. The van der Waals surface area contributed by atoms with E-state index in [4.69, 9.17) is 0 Å². The lowest BCUT2D eigenvalue weighted by molar-refractivity contribution is -0.128. The number of carbonyl (C=O) groups is 2. The number of amides is 2. The average molecular weight is 381 g/mol. The molecule has 8 heteroatoms. The Bertz CT molecular complexity index is 927. The highest BCUT2D eigenvalue weighted by Crippen LogP contribution is 2.21. The highest BCUT2D eigenvalue weighted by molar-refractivity contribution is 5.93. The van der Waals surface area contributed by atoms with Crippen molar-refractivity contribution in [2.24, 2.45) is 5.92 Å². The third-order valence-corrected chi connectivity index (χ3v) is 5.42. The number of carbonyl (C=O) groups excluding carboxylic acids is 2. The van der Waals surface area contributed by atoms with Crippen LogP contribution in [0.5, 0.6) is 0 Å². The van der Waals surface area contributed by atoms with Gasteiger partial charge in [-0.1, -0.05) is 0 Å². The molecule has 146 valence electrons. The first-order chi connectivity index (χ1) is 13.6. The van der Waals surface area contributed by atoms with E-state index in [1.807, 2.05) is 4.90 Å². The SMILES string of the molecule is O=C1CCCN1C[C@@H]1CCCN(C(=O)c2cnc(-c3cccnc3)[nH]c2=O)C1. The lowest BCUT2D eigenvalue weighted by atomic mass is 9.97. The number of nitrogens with one attached hydrogen (secondary N) is 1. The number of aromatic amines is 1. The van der Waals surface area contributed by atoms with Crippen molar-refractivity contribution in [3.8, 4) is 11.4 Å². The molecule has 2 fully saturated rings. The summed E-state index contributed by atoms with van der Waals surface area (Å²) in [5.41, 5.74) is 0.285. The molecule has 0 aromatic carbocycles. The van der Waals surface area contributed by atoms with E-state index in [1.165, 1.54) is 6.20 Å². The Labute approximate surface area is 162 Å². The van der Waals surface area contributed by atoms with Gasteiger partial charge in [-0.15, -0.1) is 0 Å². The van der Waals surface area contributed by atoms with E-state index in [9.17, 15) is 14.4 Å². The number of H-pyrrole nitrogens is 1. The van der Waals surface area contributed by atoms with Gasteiger partial charge in [0.05, 0.1) is 0 Å². The second-order valence-electron chi connectivity index (χ2n) is 7.42. The maximum absolute atomic E-state index is 12.9. The molecule has 2 aromatic heterocycles. The van der Waals surface area contributed by atoms with Crippen molar-refractivity contribution in [1.82, 2.24) is 24.8 Å². The van der Waals surface area contributed by atoms with Crippen LogP contribution in [-0.2, 0) is 4.79 Å². The molecule has 4 heterocycles. The number of piperidine rings is 1. The molecule has 1 N–H and O–H groups in total. The van der Waals surface area contributed by atoms with E-state index in [0.717, 1.165) is 25.8 Å². The summed E-state index contributed by atoms with van der Waals surface area (Å²) in [6.45, 7) is 2.68. The number of nitrogens with zero attached hydrogens (tertiary/aromatic N) is 4. The Morgan fingerprint density at radius 1 is 1.21 bits per heavy atom. The molecule has 1 atom stereocenters. The summed E-state index contributed by atoms with van der Waals surface area (Å²) in [6.07, 6.45) is 7.99. The van der Waals surface area contributed by atoms with Crippen molar-refractivity contribution >= 4 is 11.8 Å². The van der Waals surface area contributed by atoms with Crippen LogP contribution in [0.15, 0.2) is 35.5 Å². The lowest BCUT2D eigenvalue weighted by Crippen LogP contribution is -2.45. The van der Waals surface area contributed by atoms with Crippen LogP contribution in [0.25, 0.3) is 11.4 Å². The fourth-order valence-corrected chi connectivity index (χ4v) is 3.97. The Morgan fingerprint density at radius 2 is 2.11 bits per heavy atom. The molecule has 8 nitrogen and oxygen atoms in total. The van der Waals surface area contributed by atoms with Gasteiger partial charge in [0.1, 0.15) is 11.4 Å². The lowest BCUT2D eigenvalue weighted by Gasteiger charge is -2.34. The summed E-state index contributed by atoms with van der Waals surface area (Å²) in [5, 5.41) is 0. The zero-order valence-corrected chi connectivity index (χ0v) is 15.6. The Balaban J connectivity index is 1.46. The molecule has 0 saturated carbocycles. The van der Waals surface area contributed by atoms with E-state index >= 15 is 0 Å². The molecule has 2 aliphatic rings. The van der Waals surface area contributed by atoms with E-state index in [1.54, 1.807) is 29.4 Å². The van der Waals surface area contributed by atoms with Crippen molar-refractivity contribution in [2.75, 3.05) is 26.2 Å². The van der Waals surface area contributed by atoms with Crippen LogP contribution in [0.4, 0.5) is 0 Å². The third-order valence-electron chi connectivity index (χ3n) is 5.42. The van der Waals surface area contributed by atoms with E-state index in [0.29, 0.717) is 37.4 Å². The second kappa shape index (κ2) is 7.92. The number of hydrogen-bond acceptors (Lipinski definition) is 5. The van der Waals surface area contributed by atoms with Crippen molar-refractivity contribution in [1.29, 1.82) is 0 Å². The molecule has 2 aromatic rings. The molecule has 4 rings (SSSR count). The zero-order chi connectivity index (χ0) is 19.5. The molecular formula is C20H23N5O3. The number of likely N-dealkylation sites (tertiary alicyclic amines) is 2. The van der Waals surface area contributed by atoms with E-state index in [-0.39, 0.29) is 23.3 Å². The molecule has 28 heavy (non-hydrogen) atoms. The largest absolute Gasteiger partial charge is 0.342 e. The van der Waals surface area contributed by atoms with Crippen molar-refractivity contribution < 1.29 is 9.59 Å². The van der Waals surface area contributed by atoms with Crippen LogP contribution in [0, 0.1) is 5.92 Å². The van der Waals surface area contributed by atoms with Gasteiger partial charge in [-0.2, -0.15) is 0 Å². The molecule has 0 aliphatic carbocycles. The fraction of sp³-hybridized carbons (Fsp3) is 0.450. The van der Waals surface area contributed by atoms with Gasteiger partial charge in [0.2, 0.25) is 5.91 Å². The maximum atomic E-state index is 12.9. The summed E-state index contributed by atoms with van der Waals surface area (Å²) in [5.74, 6) is 0.541. The van der Waals surface area contributed by atoms with Crippen LogP contribution < -0.4 is 5.56 Å². The summed E-state index contributed by atoms with van der Waals surface area (Å²) in [6, 6.07) is 3.55. The van der Waals surface area contributed by atoms with Crippen molar-refractivity contribution in [2.45, 2.75) is 25.7 Å². The summed E-state index contributed by atoms with van der Waals surface area (Å²) in [7, 11) is 0. The number of pyridine rings is 1. The minimum absolute atomic E-state index is 0.0468. The number of aromatic nitrogens is 3. The van der Waals surface area contributed by atoms with Gasteiger partial charge in [0.25, 0.3) is 11.5 Å². The topological polar surface area (TPSA) is 99.3 Å². The average Bonchev–Trinajstić information content (AvgIpc) is 3.13. The van der Waals surface area contributed by atoms with Crippen LogP contribution >= 0.6 is 0 Å². The molecular weight excluding hydrogens is 358 g/mol. The van der Waals surface area contributed by atoms with Crippen molar-refractivity contribution in [3.05, 3.63) is 46.6 Å². The van der Waals surface area contributed by atoms with Gasteiger partial charge < -0.3 is 14.8 Å². The molecule has 0 radical (unpaired) electrons. The first kappa shape index (κ1) is 18.3. The van der Waals surface area contributed by atoms with Gasteiger partial charge in [-0.05, 0) is 37.3 Å². The molecule has 2 saturated heterocycles. The summed E-state index contributed by atoms with van der Waals surface area (Å²) >= 11 is 0. The van der Waals surface area contributed by atoms with Crippen LogP contribution in [-0.4, -0.2) is 62.7 Å². The van der Waals surface area contributed by atoms with Gasteiger partial charge in [-0.25, -0.2) is 4.98 Å². The Kier molecular flexibility index (Phi) is 5.18. The molecule has 2 aliphatic heterocycles. The minimum atomic E-state index is -0.448. The van der Waals surface area contributed by atoms with Crippen molar-refractivity contribution in [3.63, 3.8) is 0 Å². The first-order valence-electron chi connectivity index (χ1n) is 9.68. The van der Waals surface area contributed by atoms with E-state index in [2.05, 4.69) is 15.0 Å². The van der Waals surface area contributed by atoms with Crippen LogP contribution in [0.1, 0.15) is 36.0 Å². The van der Waals surface area contributed by atoms with Gasteiger partial charge in [0, 0.05) is 56.8 Å². The summed E-state index contributed by atoms with van der Waals surface area (Å²) in [4.78, 5) is 51.8. The Morgan fingerprint density at radius 3 is 2.82 bits per heavy atom. The summed E-state index contributed by atoms with van der Waals surface area (Å²) < 4.78 is 0. The van der Waals surface area contributed by atoms with Gasteiger partial charge in [0.15, 0.2) is 0 Å². The standard InChI is InChI=1S/C20H23N5O3/c26-17-6-3-8-24(17)12-14-4-2-9-25(13-14)20(28)16-11-22-18(23-19(16)27)15-5-1-7-21-10-15/h1,5,7,10-11,14H,2-4,6,8-9,12-13H2,(H,22,23,27)/t14-/m0/s1. The van der Waals surface area contributed by atoms with Gasteiger partial charge in [-0.3, -0.25) is 19.4 Å². The normalized spacial score (nSPS) is 19.9. The first-order valence-corrected chi connectivity index (χ1v) is 9.68. The van der Waals surface area contributed by atoms with E-state index < -0.39 is 5.56 Å². The number of hydrogen-bond donors (Lipinski definition) is 1. The molecule has 0 bridgehead atoms. The molecule has 0 spiro atoms. The number of rotatable bonds is 4. The fourth-order valence-electron chi connectivity index (χ4n) is 3.97. The zero-order valence-electron chi connectivity index (χ0n) is 15.6. The molecule has 0 unspecified atom stereocenters. The van der Waals surface area contributed by atoms with Gasteiger partial charge >= 0.3 is 0 Å². The maximum Gasteiger partial charge on any atom is 0.264 e. The minimum Gasteiger partial charge on any atom is -0.342 e. The Hall–Kier alpha value is -3.03. The third kappa shape index (κ3) is 3.81. The van der Waals surface area contributed by atoms with Crippen LogP contribution in [0.3, 0.4) is 0 Å². The highest BCUT2D eigenvalue weighted by Gasteiger charge is 2.29. The van der Waals surface area contributed by atoms with Crippen LogP contribution in [0.2, 0.25) is 0 Å².